The van der Waals surface area contributed by atoms with Crippen molar-refractivity contribution in [1.29, 1.82) is 0 Å². The van der Waals surface area contributed by atoms with Crippen LogP contribution in [0.4, 0.5) is 0 Å². The lowest BCUT2D eigenvalue weighted by Gasteiger charge is -1.98. The van der Waals surface area contributed by atoms with E-state index in [2.05, 4.69) is 19.1 Å². The van der Waals surface area contributed by atoms with Crippen LogP contribution in [0.5, 0.6) is 0 Å². The largest absolute Gasteiger partial charge is 0.481 e. The van der Waals surface area contributed by atoms with E-state index in [0.717, 1.165) is 12.8 Å². The number of rotatable bonds is 10. The smallest absolute Gasteiger partial charge is 0.303 e. The van der Waals surface area contributed by atoms with Crippen molar-refractivity contribution >= 4 is 5.97 Å². The van der Waals surface area contributed by atoms with E-state index in [1.807, 2.05) is 0 Å². The molecule has 0 unspecified atom stereocenters. The van der Waals surface area contributed by atoms with Crippen molar-refractivity contribution in [2.45, 2.75) is 64.7 Å². The van der Waals surface area contributed by atoms with E-state index in [9.17, 15) is 4.79 Å². The highest BCUT2D eigenvalue weighted by Gasteiger charge is 1.95. The fraction of sp³-hybridized carbons (Fsp3) is 0.769. The number of aliphatic carboxylic acids is 1. The van der Waals surface area contributed by atoms with Crippen LogP contribution in [0.15, 0.2) is 12.2 Å². The van der Waals surface area contributed by atoms with Crippen LogP contribution in [0.2, 0.25) is 0 Å². The molecule has 0 spiro atoms. The fourth-order valence-corrected chi connectivity index (χ4v) is 1.47. The van der Waals surface area contributed by atoms with Crippen LogP contribution in [0.3, 0.4) is 0 Å². The molecule has 0 saturated carbocycles. The zero-order valence-electron chi connectivity index (χ0n) is 9.87. The average molecular weight is 212 g/mol. The molecule has 0 radical (unpaired) electrons. The van der Waals surface area contributed by atoms with Crippen LogP contribution in [0.25, 0.3) is 0 Å². The molecule has 2 heteroatoms. The number of carboxylic acids is 1. The molecule has 0 heterocycles. The topological polar surface area (TPSA) is 37.3 Å². The molecule has 0 aromatic carbocycles. The van der Waals surface area contributed by atoms with Gasteiger partial charge < -0.3 is 5.11 Å². The second kappa shape index (κ2) is 11.3. The third-order valence-electron chi connectivity index (χ3n) is 2.38. The molecule has 2 nitrogen and oxygen atoms in total. The van der Waals surface area contributed by atoms with Crippen molar-refractivity contribution in [3.8, 4) is 0 Å². The second-order valence-corrected chi connectivity index (χ2v) is 3.96. The van der Waals surface area contributed by atoms with E-state index >= 15 is 0 Å². The quantitative estimate of drug-likeness (QED) is 0.436. The Bertz CT molecular complexity index is 173. The highest BCUT2D eigenvalue weighted by atomic mass is 16.4. The standard InChI is InChI=1S/C13H24O2/c1-2-3-4-5-6-7-8-9-10-11-12-13(14)15/h4-5H,2-3,6-12H2,1H3,(H,14,15). The Kier molecular flexibility index (Phi) is 10.7. The Hall–Kier alpha value is -0.790. The maximum absolute atomic E-state index is 10.2. The number of hydrogen-bond donors (Lipinski definition) is 1. The predicted molar refractivity (Wildman–Crippen MR) is 64.0 cm³/mol. The van der Waals surface area contributed by atoms with Gasteiger partial charge in [0.05, 0.1) is 0 Å². The summed E-state index contributed by atoms with van der Waals surface area (Å²) in [5.41, 5.74) is 0. The minimum absolute atomic E-state index is 0.330. The Morgan fingerprint density at radius 2 is 1.60 bits per heavy atom. The Morgan fingerprint density at radius 1 is 1.00 bits per heavy atom. The SMILES string of the molecule is CCCC=CCCCCCCCC(=O)O. The van der Waals surface area contributed by atoms with Gasteiger partial charge in [-0.2, -0.15) is 0 Å². The number of allylic oxidation sites excluding steroid dienone is 2. The van der Waals surface area contributed by atoms with Crippen molar-refractivity contribution in [1.82, 2.24) is 0 Å². The highest BCUT2D eigenvalue weighted by molar-refractivity contribution is 5.66. The van der Waals surface area contributed by atoms with Crippen LogP contribution < -0.4 is 0 Å². The summed E-state index contributed by atoms with van der Waals surface area (Å²) in [7, 11) is 0. The molecule has 15 heavy (non-hydrogen) atoms. The van der Waals surface area contributed by atoms with Gasteiger partial charge in [0.1, 0.15) is 0 Å². The van der Waals surface area contributed by atoms with E-state index < -0.39 is 5.97 Å². The molecule has 0 aliphatic heterocycles. The molecule has 0 saturated heterocycles. The molecule has 0 amide bonds. The Morgan fingerprint density at radius 3 is 2.27 bits per heavy atom. The van der Waals surface area contributed by atoms with Crippen LogP contribution in [0, 0.1) is 0 Å². The first-order chi connectivity index (χ1) is 7.27. The maximum Gasteiger partial charge on any atom is 0.303 e. The lowest BCUT2D eigenvalue weighted by atomic mass is 10.1. The van der Waals surface area contributed by atoms with Gasteiger partial charge in [0, 0.05) is 6.42 Å². The molecule has 1 N–H and O–H groups in total. The van der Waals surface area contributed by atoms with Crippen molar-refractivity contribution in [3.63, 3.8) is 0 Å². The van der Waals surface area contributed by atoms with E-state index in [1.165, 1.54) is 38.5 Å². The summed E-state index contributed by atoms with van der Waals surface area (Å²) >= 11 is 0. The third-order valence-corrected chi connectivity index (χ3v) is 2.38. The van der Waals surface area contributed by atoms with Crippen LogP contribution >= 0.6 is 0 Å². The Labute approximate surface area is 93.4 Å². The number of hydrogen-bond acceptors (Lipinski definition) is 1. The monoisotopic (exact) mass is 212 g/mol. The summed E-state index contributed by atoms with van der Waals surface area (Å²) in [4.78, 5) is 10.2. The van der Waals surface area contributed by atoms with Gasteiger partial charge in [-0.15, -0.1) is 0 Å². The number of carboxylic acid groups (broad SMARTS) is 1. The maximum atomic E-state index is 10.2. The first-order valence-electron chi connectivity index (χ1n) is 6.14. The van der Waals surface area contributed by atoms with Gasteiger partial charge in [-0.3, -0.25) is 4.79 Å². The lowest BCUT2D eigenvalue weighted by Crippen LogP contribution is -1.93. The van der Waals surface area contributed by atoms with Gasteiger partial charge in [0.25, 0.3) is 0 Å². The number of carbonyl (C=O) groups is 1. The van der Waals surface area contributed by atoms with Gasteiger partial charge in [-0.05, 0) is 25.7 Å². The molecular weight excluding hydrogens is 188 g/mol. The van der Waals surface area contributed by atoms with E-state index in [1.54, 1.807) is 0 Å². The van der Waals surface area contributed by atoms with Crippen LogP contribution in [-0.4, -0.2) is 11.1 Å². The normalized spacial score (nSPS) is 11.0. The minimum atomic E-state index is -0.669. The second-order valence-electron chi connectivity index (χ2n) is 3.96. The number of unbranched alkanes of at least 4 members (excludes halogenated alkanes) is 6. The summed E-state index contributed by atoms with van der Waals surface area (Å²) < 4.78 is 0. The van der Waals surface area contributed by atoms with Gasteiger partial charge in [-0.1, -0.05) is 44.8 Å². The first kappa shape index (κ1) is 14.2. The fourth-order valence-electron chi connectivity index (χ4n) is 1.47. The van der Waals surface area contributed by atoms with Crippen LogP contribution in [-0.2, 0) is 4.79 Å². The molecule has 0 bridgehead atoms. The lowest BCUT2D eigenvalue weighted by molar-refractivity contribution is -0.137. The molecule has 0 fully saturated rings. The van der Waals surface area contributed by atoms with Crippen molar-refractivity contribution < 1.29 is 9.90 Å². The third kappa shape index (κ3) is 13.2. The van der Waals surface area contributed by atoms with E-state index in [4.69, 9.17) is 5.11 Å². The van der Waals surface area contributed by atoms with Gasteiger partial charge in [-0.25, -0.2) is 0 Å². The van der Waals surface area contributed by atoms with Crippen molar-refractivity contribution in [3.05, 3.63) is 12.2 Å². The summed E-state index contributed by atoms with van der Waals surface area (Å²) in [6.45, 7) is 2.19. The molecule has 0 aromatic heterocycles. The minimum Gasteiger partial charge on any atom is -0.481 e. The molecule has 0 atom stereocenters. The van der Waals surface area contributed by atoms with Crippen molar-refractivity contribution in [2.24, 2.45) is 0 Å². The van der Waals surface area contributed by atoms with Gasteiger partial charge in [0.15, 0.2) is 0 Å². The molecular formula is C13H24O2. The summed E-state index contributed by atoms with van der Waals surface area (Å²) in [5, 5.41) is 8.43. The summed E-state index contributed by atoms with van der Waals surface area (Å²) in [6, 6.07) is 0. The zero-order chi connectivity index (χ0) is 11.4. The zero-order valence-corrected chi connectivity index (χ0v) is 9.87. The summed E-state index contributed by atoms with van der Waals surface area (Å²) in [6.07, 6.45) is 14.0. The molecule has 88 valence electrons. The van der Waals surface area contributed by atoms with Crippen LogP contribution in [0.1, 0.15) is 64.7 Å². The molecule has 0 rings (SSSR count). The molecule has 0 aliphatic rings. The predicted octanol–water partition coefficient (Wildman–Crippen LogP) is 4.16. The first-order valence-corrected chi connectivity index (χ1v) is 6.14. The van der Waals surface area contributed by atoms with Crippen molar-refractivity contribution in [2.75, 3.05) is 0 Å². The van der Waals surface area contributed by atoms with Gasteiger partial charge >= 0.3 is 5.97 Å². The highest BCUT2D eigenvalue weighted by Crippen LogP contribution is 2.07. The summed E-state index contributed by atoms with van der Waals surface area (Å²) in [5.74, 6) is -0.669. The van der Waals surface area contributed by atoms with Gasteiger partial charge in [0.2, 0.25) is 0 Å². The van der Waals surface area contributed by atoms with E-state index in [-0.39, 0.29) is 0 Å². The van der Waals surface area contributed by atoms with E-state index in [0.29, 0.717) is 6.42 Å². The Balaban J connectivity index is 3.01. The molecule has 0 aromatic rings. The average Bonchev–Trinajstić information content (AvgIpc) is 2.20. The molecule has 0 aliphatic carbocycles.